The van der Waals surface area contributed by atoms with Crippen molar-refractivity contribution in [3.05, 3.63) is 10.6 Å². The maximum Gasteiger partial charge on any atom is 0.186 e. The van der Waals surface area contributed by atoms with Gasteiger partial charge in [-0.3, -0.25) is 0 Å². The lowest BCUT2D eigenvalue weighted by Crippen LogP contribution is -2.32. The molecule has 118 valence electrons. The number of rotatable bonds is 4. The predicted molar refractivity (Wildman–Crippen MR) is 91.4 cm³/mol. The smallest absolute Gasteiger partial charge is 0.186 e. The van der Waals surface area contributed by atoms with E-state index in [0.717, 1.165) is 6.54 Å². The van der Waals surface area contributed by atoms with Crippen LogP contribution in [-0.4, -0.2) is 24.1 Å². The zero-order valence-corrected chi connectivity index (χ0v) is 14.3. The molecule has 4 heteroatoms. The number of nitrogens with one attached hydrogen (secondary N) is 1. The van der Waals surface area contributed by atoms with Gasteiger partial charge in [0.1, 0.15) is 0 Å². The van der Waals surface area contributed by atoms with Crippen molar-refractivity contribution in [3.63, 3.8) is 0 Å². The van der Waals surface area contributed by atoms with Gasteiger partial charge in [-0.2, -0.15) is 0 Å². The fraction of sp³-hybridized carbons (Fsp3) is 0.824. The molecule has 21 heavy (non-hydrogen) atoms. The summed E-state index contributed by atoms with van der Waals surface area (Å²) in [7, 11) is 0. The van der Waals surface area contributed by atoms with Gasteiger partial charge in [-0.25, -0.2) is 4.98 Å². The molecule has 1 N–H and O–H groups in total. The Morgan fingerprint density at radius 2 is 2.14 bits per heavy atom. The monoisotopic (exact) mass is 307 g/mol. The average Bonchev–Trinajstić information content (AvgIpc) is 2.81. The minimum Gasteiger partial charge on any atom is -0.345 e. The molecule has 2 atom stereocenters. The van der Waals surface area contributed by atoms with E-state index in [9.17, 15) is 0 Å². The average molecular weight is 308 g/mol. The highest BCUT2D eigenvalue weighted by Gasteiger charge is 2.27. The van der Waals surface area contributed by atoms with Gasteiger partial charge in [0.25, 0.3) is 0 Å². The van der Waals surface area contributed by atoms with Crippen molar-refractivity contribution in [3.8, 4) is 0 Å². The first-order valence-corrected chi connectivity index (χ1v) is 9.61. The SMILES string of the molecule is CCCNC1CCCc2sc(N3CCCCCC3C)nc21. The first-order valence-electron chi connectivity index (χ1n) is 8.79. The van der Waals surface area contributed by atoms with E-state index in [0.29, 0.717) is 12.1 Å². The number of hydrogen-bond acceptors (Lipinski definition) is 4. The van der Waals surface area contributed by atoms with Crippen molar-refractivity contribution in [2.75, 3.05) is 18.0 Å². The molecule has 1 aromatic heterocycles. The van der Waals surface area contributed by atoms with E-state index in [2.05, 4.69) is 24.1 Å². The molecule has 1 aromatic rings. The molecule has 1 aliphatic carbocycles. The Kier molecular flexibility index (Phi) is 5.17. The molecule has 3 nitrogen and oxygen atoms in total. The molecular weight excluding hydrogens is 278 g/mol. The van der Waals surface area contributed by atoms with Gasteiger partial charge in [0.05, 0.1) is 11.7 Å². The third-order valence-electron chi connectivity index (χ3n) is 4.88. The number of aromatic nitrogens is 1. The van der Waals surface area contributed by atoms with Gasteiger partial charge in [0, 0.05) is 17.5 Å². The standard InChI is InChI=1S/C17H29N3S/c1-3-11-18-14-9-7-10-15-16(14)19-17(21-15)20-12-6-4-5-8-13(20)2/h13-14,18H,3-12H2,1-2H3. The highest BCUT2D eigenvalue weighted by Crippen LogP contribution is 2.38. The number of fused-ring (bicyclic) bond motifs is 1. The van der Waals surface area contributed by atoms with Crippen molar-refractivity contribution < 1.29 is 0 Å². The van der Waals surface area contributed by atoms with Gasteiger partial charge in [-0.15, -0.1) is 11.3 Å². The maximum atomic E-state index is 5.08. The number of hydrogen-bond donors (Lipinski definition) is 1. The van der Waals surface area contributed by atoms with Crippen LogP contribution in [0.2, 0.25) is 0 Å². The van der Waals surface area contributed by atoms with Gasteiger partial charge in [0.15, 0.2) is 5.13 Å². The van der Waals surface area contributed by atoms with Gasteiger partial charge < -0.3 is 10.2 Å². The summed E-state index contributed by atoms with van der Waals surface area (Å²) in [5, 5.41) is 4.98. The Bertz CT molecular complexity index is 457. The van der Waals surface area contributed by atoms with Crippen molar-refractivity contribution in [2.45, 2.75) is 77.3 Å². The summed E-state index contributed by atoms with van der Waals surface area (Å²) in [6, 6.07) is 1.16. The van der Waals surface area contributed by atoms with Crippen LogP contribution < -0.4 is 10.2 Å². The zero-order valence-electron chi connectivity index (χ0n) is 13.5. The molecule has 0 aromatic carbocycles. The highest BCUT2D eigenvalue weighted by atomic mass is 32.1. The lowest BCUT2D eigenvalue weighted by molar-refractivity contribution is 0.454. The van der Waals surface area contributed by atoms with Crippen LogP contribution in [-0.2, 0) is 6.42 Å². The molecule has 2 aliphatic rings. The van der Waals surface area contributed by atoms with Crippen LogP contribution in [0.25, 0.3) is 0 Å². The number of thiazole rings is 1. The Balaban J connectivity index is 1.80. The van der Waals surface area contributed by atoms with Crippen LogP contribution >= 0.6 is 11.3 Å². The van der Waals surface area contributed by atoms with Gasteiger partial charge in [0.2, 0.25) is 0 Å². The molecule has 1 aliphatic heterocycles. The van der Waals surface area contributed by atoms with E-state index >= 15 is 0 Å². The van der Waals surface area contributed by atoms with E-state index < -0.39 is 0 Å². The number of anilines is 1. The second-order valence-corrected chi connectivity index (χ2v) is 7.66. The van der Waals surface area contributed by atoms with Gasteiger partial charge in [-0.05, 0) is 52.0 Å². The van der Waals surface area contributed by atoms with E-state index in [1.165, 1.54) is 68.7 Å². The fourth-order valence-electron chi connectivity index (χ4n) is 3.60. The van der Waals surface area contributed by atoms with E-state index in [-0.39, 0.29) is 0 Å². The molecule has 2 heterocycles. The van der Waals surface area contributed by atoms with Crippen LogP contribution in [0.4, 0.5) is 5.13 Å². The molecule has 1 saturated heterocycles. The molecule has 3 rings (SSSR count). The summed E-state index contributed by atoms with van der Waals surface area (Å²) in [6.45, 7) is 6.92. The van der Waals surface area contributed by atoms with Crippen molar-refractivity contribution in [1.82, 2.24) is 10.3 Å². The van der Waals surface area contributed by atoms with Crippen molar-refractivity contribution >= 4 is 16.5 Å². The molecule has 1 fully saturated rings. The minimum atomic E-state index is 0.501. The van der Waals surface area contributed by atoms with Crippen molar-refractivity contribution in [1.29, 1.82) is 0 Å². The highest BCUT2D eigenvalue weighted by molar-refractivity contribution is 7.15. The van der Waals surface area contributed by atoms with Crippen LogP contribution in [0.15, 0.2) is 0 Å². The zero-order chi connectivity index (χ0) is 14.7. The van der Waals surface area contributed by atoms with Crippen LogP contribution in [0.1, 0.15) is 75.4 Å². The molecule has 0 spiro atoms. The quantitative estimate of drug-likeness (QED) is 0.899. The summed E-state index contributed by atoms with van der Waals surface area (Å²) in [5.74, 6) is 0. The first kappa shape index (κ1) is 15.3. The van der Waals surface area contributed by atoms with Crippen LogP contribution in [0.3, 0.4) is 0 Å². The third kappa shape index (κ3) is 3.42. The summed E-state index contributed by atoms with van der Waals surface area (Å²) < 4.78 is 0. The van der Waals surface area contributed by atoms with Gasteiger partial charge >= 0.3 is 0 Å². The lowest BCUT2D eigenvalue weighted by Gasteiger charge is -2.26. The molecule has 0 bridgehead atoms. The van der Waals surface area contributed by atoms with Crippen LogP contribution in [0.5, 0.6) is 0 Å². The molecule has 0 radical (unpaired) electrons. The largest absolute Gasteiger partial charge is 0.345 e. The van der Waals surface area contributed by atoms with Crippen LogP contribution in [0, 0.1) is 0 Å². The number of aryl methyl sites for hydroxylation is 1. The summed E-state index contributed by atoms with van der Waals surface area (Å²) in [4.78, 5) is 9.20. The summed E-state index contributed by atoms with van der Waals surface area (Å²) in [5.41, 5.74) is 1.37. The summed E-state index contributed by atoms with van der Waals surface area (Å²) >= 11 is 1.97. The normalized spacial score (nSPS) is 26.5. The second-order valence-electron chi connectivity index (χ2n) is 6.60. The molecule has 0 amide bonds. The van der Waals surface area contributed by atoms with E-state index in [4.69, 9.17) is 4.98 Å². The fourth-order valence-corrected chi connectivity index (χ4v) is 4.90. The Hall–Kier alpha value is -0.610. The molecule has 0 saturated carbocycles. The van der Waals surface area contributed by atoms with Gasteiger partial charge in [-0.1, -0.05) is 19.8 Å². The summed E-state index contributed by atoms with van der Waals surface area (Å²) in [6.07, 6.45) is 10.4. The third-order valence-corrected chi connectivity index (χ3v) is 6.05. The number of nitrogens with zero attached hydrogens (tertiary/aromatic N) is 2. The Morgan fingerprint density at radius 3 is 3.00 bits per heavy atom. The van der Waals surface area contributed by atoms with E-state index in [1.807, 2.05) is 11.3 Å². The minimum absolute atomic E-state index is 0.501. The maximum absolute atomic E-state index is 5.08. The Morgan fingerprint density at radius 1 is 1.24 bits per heavy atom. The lowest BCUT2D eigenvalue weighted by atomic mass is 9.97. The molecule has 2 unspecified atom stereocenters. The Labute approximate surface area is 133 Å². The van der Waals surface area contributed by atoms with E-state index in [1.54, 1.807) is 4.88 Å². The topological polar surface area (TPSA) is 28.2 Å². The van der Waals surface area contributed by atoms with Crippen molar-refractivity contribution in [2.24, 2.45) is 0 Å². The second kappa shape index (κ2) is 7.10. The predicted octanol–water partition coefficient (Wildman–Crippen LogP) is 4.29. The molecular formula is C17H29N3S. The first-order chi connectivity index (χ1) is 10.3.